The van der Waals surface area contributed by atoms with Crippen molar-refractivity contribution in [2.45, 2.75) is 6.92 Å². The maximum atomic E-state index is 12.2. The van der Waals surface area contributed by atoms with Crippen molar-refractivity contribution >= 4 is 38.4 Å². The second-order valence-electron chi connectivity index (χ2n) is 5.12. The van der Waals surface area contributed by atoms with Gasteiger partial charge < -0.3 is 4.42 Å². The van der Waals surface area contributed by atoms with Gasteiger partial charge in [-0.25, -0.2) is 4.79 Å². The van der Waals surface area contributed by atoms with Gasteiger partial charge in [0, 0.05) is 10.3 Å². The summed E-state index contributed by atoms with van der Waals surface area (Å²) in [5.41, 5.74) is 2.40. The first-order chi connectivity index (χ1) is 10.6. The van der Waals surface area contributed by atoms with Gasteiger partial charge in [-0.3, -0.25) is 0 Å². The fraction of sp³-hybridized carbons (Fsp3) is 0.105. The molecular formula is C19H16O2S. The van der Waals surface area contributed by atoms with E-state index in [0.29, 0.717) is 11.0 Å². The van der Waals surface area contributed by atoms with Crippen molar-refractivity contribution in [1.82, 2.24) is 0 Å². The van der Waals surface area contributed by atoms with Crippen LogP contribution in [0.15, 0.2) is 64.3 Å². The molecule has 2 aromatic carbocycles. The zero-order valence-corrected chi connectivity index (χ0v) is 13.4. The van der Waals surface area contributed by atoms with Crippen molar-refractivity contribution in [1.29, 1.82) is 0 Å². The predicted molar refractivity (Wildman–Crippen MR) is 96.4 cm³/mol. The summed E-state index contributed by atoms with van der Waals surface area (Å²) in [4.78, 5) is 13.3. The Labute approximate surface area is 133 Å². The van der Waals surface area contributed by atoms with Gasteiger partial charge in [0.05, 0.1) is 5.39 Å². The van der Waals surface area contributed by atoms with Gasteiger partial charge in [-0.15, -0.1) is 11.8 Å². The Kier molecular flexibility index (Phi) is 3.90. The van der Waals surface area contributed by atoms with Gasteiger partial charge in [0.15, 0.2) is 0 Å². The fourth-order valence-corrected chi connectivity index (χ4v) is 3.18. The molecule has 1 heterocycles. The number of hydrogen-bond acceptors (Lipinski definition) is 3. The van der Waals surface area contributed by atoms with Gasteiger partial charge in [0.1, 0.15) is 5.58 Å². The Balaban J connectivity index is 2.33. The second kappa shape index (κ2) is 5.85. The highest BCUT2D eigenvalue weighted by Gasteiger charge is 2.09. The molecule has 1 aromatic heterocycles. The van der Waals surface area contributed by atoms with Crippen molar-refractivity contribution in [2.24, 2.45) is 0 Å². The van der Waals surface area contributed by atoms with Crippen LogP contribution in [-0.4, -0.2) is 6.26 Å². The van der Waals surface area contributed by atoms with Crippen molar-refractivity contribution in [3.8, 4) is 0 Å². The van der Waals surface area contributed by atoms with E-state index in [1.807, 2.05) is 55.7 Å². The van der Waals surface area contributed by atoms with Crippen molar-refractivity contribution < 1.29 is 4.42 Å². The summed E-state index contributed by atoms with van der Waals surface area (Å²) in [5, 5.41) is 2.52. The Morgan fingerprint density at radius 2 is 1.91 bits per heavy atom. The largest absolute Gasteiger partial charge is 0.422 e. The molecule has 3 rings (SSSR count). The summed E-state index contributed by atoms with van der Waals surface area (Å²) in [6.45, 7) is 5.71. The average molecular weight is 308 g/mol. The number of allylic oxidation sites excluding steroid dienone is 2. The van der Waals surface area contributed by atoms with Gasteiger partial charge in [-0.05, 0) is 48.4 Å². The Bertz CT molecular complexity index is 964. The third-order valence-corrected chi connectivity index (χ3v) is 4.45. The topological polar surface area (TPSA) is 30.2 Å². The van der Waals surface area contributed by atoms with Crippen LogP contribution < -0.4 is 5.63 Å². The summed E-state index contributed by atoms with van der Waals surface area (Å²) >= 11 is 1.64. The molecule has 0 saturated carbocycles. The van der Waals surface area contributed by atoms with Crippen LogP contribution in [0, 0.1) is 6.92 Å². The van der Waals surface area contributed by atoms with Gasteiger partial charge in [-0.1, -0.05) is 36.4 Å². The Hall–Kier alpha value is -2.26. The lowest BCUT2D eigenvalue weighted by atomic mass is 10.0. The molecule has 22 heavy (non-hydrogen) atoms. The third kappa shape index (κ3) is 2.48. The molecule has 0 atom stereocenters. The van der Waals surface area contributed by atoms with Crippen LogP contribution in [0.4, 0.5) is 0 Å². The minimum absolute atomic E-state index is 0.290. The quantitative estimate of drug-likeness (QED) is 0.381. The summed E-state index contributed by atoms with van der Waals surface area (Å²) < 4.78 is 5.53. The lowest BCUT2D eigenvalue weighted by Gasteiger charge is -2.07. The maximum Gasteiger partial charge on any atom is 0.344 e. The molecule has 0 saturated heterocycles. The van der Waals surface area contributed by atoms with Gasteiger partial charge >= 0.3 is 5.63 Å². The smallest absolute Gasteiger partial charge is 0.344 e. The molecule has 0 aliphatic rings. The number of hydrogen-bond donors (Lipinski definition) is 0. The lowest BCUT2D eigenvalue weighted by molar-refractivity contribution is 0.569. The number of rotatable bonds is 3. The van der Waals surface area contributed by atoms with Crippen LogP contribution in [0.2, 0.25) is 0 Å². The van der Waals surface area contributed by atoms with Crippen LogP contribution in [-0.2, 0) is 0 Å². The summed E-state index contributed by atoms with van der Waals surface area (Å²) in [7, 11) is 0. The van der Waals surface area contributed by atoms with E-state index in [-0.39, 0.29) is 5.63 Å². The predicted octanol–water partition coefficient (Wildman–Crippen LogP) is 5.14. The fourth-order valence-electron chi connectivity index (χ4n) is 2.59. The van der Waals surface area contributed by atoms with E-state index >= 15 is 0 Å². The summed E-state index contributed by atoms with van der Waals surface area (Å²) in [6.07, 6.45) is 5.72. The van der Waals surface area contributed by atoms with Crippen molar-refractivity contribution in [2.75, 3.05) is 6.26 Å². The first kappa shape index (κ1) is 14.7. The SMILES string of the molecule is C=C/C=C(\SC)c1ccc2c(c1)oc(=O)c1cc(C)ccc12. The normalized spacial score (nSPS) is 12.0. The molecule has 2 nitrogen and oxygen atoms in total. The van der Waals surface area contributed by atoms with Crippen molar-refractivity contribution in [3.05, 3.63) is 76.7 Å². The molecule has 0 fully saturated rings. The van der Waals surface area contributed by atoms with Gasteiger partial charge in [0.2, 0.25) is 0 Å². The minimum atomic E-state index is -0.290. The minimum Gasteiger partial charge on any atom is -0.422 e. The number of aryl methyl sites for hydroxylation is 1. The second-order valence-corrected chi connectivity index (χ2v) is 5.97. The highest BCUT2D eigenvalue weighted by atomic mass is 32.2. The zero-order valence-electron chi connectivity index (χ0n) is 12.6. The molecule has 3 heteroatoms. The van der Waals surface area contributed by atoms with E-state index in [2.05, 4.69) is 6.58 Å². The number of thioether (sulfide) groups is 1. The summed E-state index contributed by atoms with van der Waals surface area (Å²) in [5.74, 6) is 0. The molecular weight excluding hydrogens is 292 g/mol. The molecule has 0 spiro atoms. The number of fused-ring (bicyclic) bond motifs is 3. The highest BCUT2D eigenvalue weighted by Crippen LogP contribution is 2.30. The molecule has 0 bridgehead atoms. The Morgan fingerprint density at radius 3 is 2.64 bits per heavy atom. The van der Waals surface area contributed by atoms with Crippen LogP contribution in [0.1, 0.15) is 11.1 Å². The first-order valence-corrected chi connectivity index (χ1v) is 8.21. The van der Waals surface area contributed by atoms with E-state index in [9.17, 15) is 4.79 Å². The Morgan fingerprint density at radius 1 is 1.14 bits per heavy atom. The number of benzene rings is 2. The van der Waals surface area contributed by atoms with Crippen LogP contribution >= 0.6 is 11.8 Å². The average Bonchev–Trinajstić information content (AvgIpc) is 2.52. The molecule has 0 aliphatic carbocycles. The van der Waals surface area contributed by atoms with Crippen LogP contribution in [0.5, 0.6) is 0 Å². The monoisotopic (exact) mass is 308 g/mol. The molecule has 3 aromatic rings. The third-order valence-electron chi connectivity index (χ3n) is 3.64. The van der Waals surface area contributed by atoms with Crippen molar-refractivity contribution in [3.63, 3.8) is 0 Å². The zero-order chi connectivity index (χ0) is 15.7. The van der Waals surface area contributed by atoms with E-state index in [4.69, 9.17) is 4.42 Å². The highest BCUT2D eigenvalue weighted by molar-refractivity contribution is 8.07. The molecule has 0 unspecified atom stereocenters. The molecule has 0 N–H and O–H groups in total. The summed E-state index contributed by atoms with van der Waals surface area (Å²) in [6, 6.07) is 11.9. The molecule has 0 aliphatic heterocycles. The van der Waals surface area contributed by atoms with E-state index < -0.39 is 0 Å². The van der Waals surface area contributed by atoms with Gasteiger partial charge in [0.25, 0.3) is 0 Å². The molecule has 0 amide bonds. The van der Waals surface area contributed by atoms with Crippen LogP contribution in [0.25, 0.3) is 26.6 Å². The van der Waals surface area contributed by atoms with Crippen LogP contribution in [0.3, 0.4) is 0 Å². The lowest BCUT2D eigenvalue weighted by Crippen LogP contribution is -2.00. The molecule has 110 valence electrons. The van der Waals surface area contributed by atoms with E-state index in [1.54, 1.807) is 17.8 Å². The maximum absolute atomic E-state index is 12.2. The molecule has 0 radical (unpaired) electrons. The first-order valence-electron chi connectivity index (χ1n) is 6.98. The van der Waals surface area contributed by atoms with Gasteiger partial charge in [-0.2, -0.15) is 0 Å². The van der Waals surface area contributed by atoms with E-state index in [0.717, 1.165) is 26.8 Å². The van der Waals surface area contributed by atoms with E-state index in [1.165, 1.54) is 0 Å². The standard InChI is InChI=1S/C19H16O2S/c1-4-5-18(22-3)13-7-9-15-14-8-6-12(2)10-16(14)19(20)21-17(15)11-13/h4-11H,1H2,2-3H3/b18-5-.